The fourth-order valence-corrected chi connectivity index (χ4v) is 2.29. The second-order valence-corrected chi connectivity index (χ2v) is 4.92. The molecule has 1 aromatic carbocycles. The quantitative estimate of drug-likeness (QED) is 0.840. The van der Waals surface area contributed by atoms with Crippen LogP contribution in [0, 0.1) is 5.92 Å². The van der Waals surface area contributed by atoms with E-state index in [9.17, 15) is 14.7 Å². The SMILES string of the molecule is COC(=O)c1ccc(O)c(CN2CC(C)CC2=O)c1. The number of ether oxygens (including phenoxy) is 1. The molecule has 102 valence electrons. The number of phenols is 1. The number of hydrogen-bond acceptors (Lipinski definition) is 4. The van der Waals surface area contributed by atoms with Gasteiger partial charge in [-0.2, -0.15) is 0 Å². The zero-order valence-corrected chi connectivity index (χ0v) is 11.0. The van der Waals surface area contributed by atoms with Crippen molar-refractivity contribution in [2.45, 2.75) is 19.9 Å². The molecule has 0 spiro atoms. The molecule has 1 heterocycles. The van der Waals surface area contributed by atoms with E-state index in [0.717, 1.165) is 0 Å². The Hall–Kier alpha value is -2.04. The van der Waals surface area contributed by atoms with Gasteiger partial charge in [-0.15, -0.1) is 0 Å². The van der Waals surface area contributed by atoms with E-state index in [0.29, 0.717) is 36.6 Å². The van der Waals surface area contributed by atoms with Crippen molar-refractivity contribution >= 4 is 11.9 Å². The summed E-state index contributed by atoms with van der Waals surface area (Å²) in [7, 11) is 1.31. The number of aromatic hydroxyl groups is 1. The summed E-state index contributed by atoms with van der Waals surface area (Å²) in [4.78, 5) is 24.9. The second-order valence-electron chi connectivity index (χ2n) is 4.92. The third-order valence-electron chi connectivity index (χ3n) is 3.27. The Labute approximate surface area is 111 Å². The predicted molar refractivity (Wildman–Crippen MR) is 68.6 cm³/mol. The van der Waals surface area contributed by atoms with E-state index in [2.05, 4.69) is 4.74 Å². The number of rotatable bonds is 3. The first kappa shape index (κ1) is 13.4. The summed E-state index contributed by atoms with van der Waals surface area (Å²) in [5.74, 6) is 0.0381. The molecule has 1 aliphatic rings. The first-order valence-corrected chi connectivity index (χ1v) is 6.19. The summed E-state index contributed by atoms with van der Waals surface area (Å²) in [6.45, 7) is 3.02. The number of methoxy groups -OCH3 is 1. The van der Waals surface area contributed by atoms with Crippen molar-refractivity contribution in [2.24, 2.45) is 5.92 Å². The Morgan fingerprint density at radius 1 is 1.53 bits per heavy atom. The van der Waals surface area contributed by atoms with E-state index in [1.54, 1.807) is 11.0 Å². The van der Waals surface area contributed by atoms with E-state index in [1.165, 1.54) is 19.2 Å². The van der Waals surface area contributed by atoms with Crippen LogP contribution in [0.1, 0.15) is 29.3 Å². The van der Waals surface area contributed by atoms with Crippen LogP contribution in [0.15, 0.2) is 18.2 Å². The van der Waals surface area contributed by atoms with Gasteiger partial charge in [0, 0.05) is 25.1 Å². The van der Waals surface area contributed by atoms with E-state index in [4.69, 9.17) is 0 Å². The van der Waals surface area contributed by atoms with Crippen molar-refractivity contribution in [3.63, 3.8) is 0 Å². The maximum absolute atomic E-state index is 11.7. The lowest BCUT2D eigenvalue weighted by molar-refractivity contribution is -0.128. The second kappa shape index (κ2) is 5.30. The molecule has 1 amide bonds. The highest BCUT2D eigenvalue weighted by Gasteiger charge is 2.27. The molecule has 5 heteroatoms. The van der Waals surface area contributed by atoms with Gasteiger partial charge in [0.1, 0.15) is 5.75 Å². The predicted octanol–water partition coefficient (Wildman–Crippen LogP) is 1.55. The molecule has 0 aliphatic carbocycles. The number of esters is 1. The van der Waals surface area contributed by atoms with Crippen molar-refractivity contribution < 1.29 is 19.4 Å². The molecule has 0 radical (unpaired) electrons. The highest BCUT2D eigenvalue weighted by molar-refractivity contribution is 5.89. The summed E-state index contributed by atoms with van der Waals surface area (Å²) in [6, 6.07) is 4.52. The molecule has 1 atom stereocenters. The molecular formula is C14H17NO4. The normalized spacial score (nSPS) is 18.7. The molecule has 1 saturated heterocycles. The lowest BCUT2D eigenvalue weighted by Crippen LogP contribution is -2.24. The number of phenolic OH excluding ortho intramolecular Hbond substituents is 1. The first-order chi connectivity index (χ1) is 9.01. The fraction of sp³-hybridized carbons (Fsp3) is 0.429. The molecule has 1 unspecified atom stereocenters. The van der Waals surface area contributed by atoms with Gasteiger partial charge in [-0.05, 0) is 24.1 Å². The van der Waals surface area contributed by atoms with Crippen LogP contribution in [0.2, 0.25) is 0 Å². The zero-order valence-electron chi connectivity index (χ0n) is 11.0. The Morgan fingerprint density at radius 3 is 2.84 bits per heavy atom. The molecular weight excluding hydrogens is 246 g/mol. The zero-order chi connectivity index (χ0) is 14.0. The Morgan fingerprint density at radius 2 is 2.26 bits per heavy atom. The monoisotopic (exact) mass is 263 g/mol. The standard InChI is InChI=1S/C14H17NO4/c1-9-5-13(17)15(7-9)8-11-6-10(14(18)19-2)3-4-12(11)16/h3-4,6,9,16H,5,7-8H2,1-2H3. The molecule has 0 bridgehead atoms. The summed E-state index contributed by atoms with van der Waals surface area (Å²) >= 11 is 0. The third-order valence-corrected chi connectivity index (χ3v) is 3.27. The average molecular weight is 263 g/mol. The number of likely N-dealkylation sites (tertiary alicyclic amines) is 1. The Balaban J connectivity index is 2.20. The van der Waals surface area contributed by atoms with Crippen LogP contribution in [-0.2, 0) is 16.1 Å². The fourth-order valence-electron chi connectivity index (χ4n) is 2.29. The maximum atomic E-state index is 11.7. The van der Waals surface area contributed by atoms with E-state index in [-0.39, 0.29) is 11.7 Å². The number of carbonyl (C=O) groups excluding carboxylic acids is 2. The van der Waals surface area contributed by atoms with E-state index < -0.39 is 5.97 Å². The highest BCUT2D eigenvalue weighted by atomic mass is 16.5. The van der Waals surface area contributed by atoms with Gasteiger partial charge in [-0.3, -0.25) is 4.79 Å². The van der Waals surface area contributed by atoms with Crippen LogP contribution in [0.3, 0.4) is 0 Å². The van der Waals surface area contributed by atoms with Gasteiger partial charge in [-0.1, -0.05) is 6.92 Å². The van der Waals surface area contributed by atoms with Gasteiger partial charge in [0.15, 0.2) is 0 Å². The van der Waals surface area contributed by atoms with Gasteiger partial charge in [0.2, 0.25) is 5.91 Å². The molecule has 0 aromatic heterocycles. The van der Waals surface area contributed by atoms with Gasteiger partial charge in [-0.25, -0.2) is 4.79 Å². The molecule has 1 fully saturated rings. The summed E-state index contributed by atoms with van der Waals surface area (Å²) in [6.07, 6.45) is 0.539. The largest absolute Gasteiger partial charge is 0.508 e. The van der Waals surface area contributed by atoms with Crippen LogP contribution in [-0.4, -0.2) is 35.5 Å². The van der Waals surface area contributed by atoms with Crippen molar-refractivity contribution in [2.75, 3.05) is 13.7 Å². The lowest BCUT2D eigenvalue weighted by Gasteiger charge is -2.17. The van der Waals surface area contributed by atoms with Crippen molar-refractivity contribution in [3.05, 3.63) is 29.3 Å². The summed E-state index contributed by atoms with van der Waals surface area (Å²) in [5.41, 5.74) is 0.931. The molecule has 2 rings (SSSR count). The lowest BCUT2D eigenvalue weighted by atomic mass is 10.1. The van der Waals surface area contributed by atoms with Gasteiger partial charge >= 0.3 is 5.97 Å². The van der Waals surface area contributed by atoms with Crippen molar-refractivity contribution in [1.82, 2.24) is 4.90 Å². The van der Waals surface area contributed by atoms with Gasteiger partial charge in [0.25, 0.3) is 0 Å². The maximum Gasteiger partial charge on any atom is 0.337 e. The van der Waals surface area contributed by atoms with Gasteiger partial charge < -0.3 is 14.7 Å². The van der Waals surface area contributed by atoms with Crippen LogP contribution in [0.5, 0.6) is 5.75 Å². The molecule has 19 heavy (non-hydrogen) atoms. The number of amides is 1. The summed E-state index contributed by atoms with van der Waals surface area (Å²) in [5, 5.41) is 9.81. The first-order valence-electron chi connectivity index (χ1n) is 6.19. The molecule has 1 N–H and O–H groups in total. The smallest absolute Gasteiger partial charge is 0.337 e. The van der Waals surface area contributed by atoms with Crippen LogP contribution < -0.4 is 0 Å². The Kier molecular flexibility index (Phi) is 3.74. The molecule has 1 aliphatic heterocycles. The van der Waals surface area contributed by atoms with Crippen LogP contribution in [0.25, 0.3) is 0 Å². The molecule has 0 saturated carbocycles. The van der Waals surface area contributed by atoms with Crippen LogP contribution >= 0.6 is 0 Å². The topological polar surface area (TPSA) is 66.8 Å². The number of benzene rings is 1. The minimum Gasteiger partial charge on any atom is -0.508 e. The van der Waals surface area contributed by atoms with Gasteiger partial charge in [0.05, 0.1) is 12.7 Å². The molecule has 5 nitrogen and oxygen atoms in total. The average Bonchev–Trinajstić information content (AvgIpc) is 2.69. The minimum atomic E-state index is -0.456. The minimum absolute atomic E-state index is 0.0790. The van der Waals surface area contributed by atoms with Crippen molar-refractivity contribution in [3.8, 4) is 5.75 Å². The van der Waals surface area contributed by atoms with E-state index >= 15 is 0 Å². The van der Waals surface area contributed by atoms with Crippen molar-refractivity contribution in [1.29, 1.82) is 0 Å². The third kappa shape index (κ3) is 2.86. The number of carbonyl (C=O) groups is 2. The van der Waals surface area contributed by atoms with Crippen LogP contribution in [0.4, 0.5) is 0 Å². The number of nitrogens with zero attached hydrogens (tertiary/aromatic N) is 1. The number of hydrogen-bond donors (Lipinski definition) is 1. The Bertz CT molecular complexity index is 512. The highest BCUT2D eigenvalue weighted by Crippen LogP contribution is 2.25. The van der Waals surface area contributed by atoms with E-state index in [1.807, 2.05) is 6.92 Å². The summed E-state index contributed by atoms with van der Waals surface area (Å²) < 4.78 is 4.64. The molecule has 1 aromatic rings.